The highest BCUT2D eigenvalue weighted by Gasteiger charge is 2.28. The van der Waals surface area contributed by atoms with Crippen LogP contribution in [0.3, 0.4) is 0 Å². The van der Waals surface area contributed by atoms with Gasteiger partial charge in [-0.1, -0.05) is 30.3 Å². The Morgan fingerprint density at radius 2 is 1.58 bits per heavy atom. The van der Waals surface area contributed by atoms with Crippen molar-refractivity contribution < 1.29 is 29.4 Å². The minimum atomic E-state index is -1.36. The van der Waals surface area contributed by atoms with E-state index in [1.807, 2.05) is 36.6 Å². The molecule has 11 heteroatoms. The molecule has 0 spiro atoms. The molecule has 0 heterocycles. The van der Waals surface area contributed by atoms with Crippen LogP contribution in [-0.2, 0) is 25.6 Å². The van der Waals surface area contributed by atoms with Gasteiger partial charge < -0.3 is 31.9 Å². The quantitative estimate of drug-likeness (QED) is 0.217. The number of rotatable bonds is 13. The van der Waals surface area contributed by atoms with E-state index in [2.05, 4.69) is 16.0 Å². The topological polar surface area (TPSA) is 171 Å². The van der Waals surface area contributed by atoms with Gasteiger partial charge in [-0.15, -0.1) is 0 Å². The van der Waals surface area contributed by atoms with E-state index in [0.29, 0.717) is 5.75 Å². The van der Waals surface area contributed by atoms with Gasteiger partial charge in [-0.05, 0) is 37.3 Å². The molecule has 0 bridgehead atoms. The minimum absolute atomic E-state index is 0.280. The van der Waals surface area contributed by atoms with E-state index in [0.717, 1.165) is 5.56 Å². The van der Waals surface area contributed by atoms with Crippen LogP contribution in [0.4, 0.5) is 0 Å². The Hall–Kier alpha value is -2.63. The van der Waals surface area contributed by atoms with Crippen LogP contribution in [0.15, 0.2) is 30.3 Å². The normalized spacial score (nSPS) is 14.6. The zero-order valence-corrected chi connectivity index (χ0v) is 18.4. The maximum absolute atomic E-state index is 12.7. The maximum atomic E-state index is 12.7. The van der Waals surface area contributed by atoms with Crippen molar-refractivity contribution in [2.24, 2.45) is 5.73 Å². The van der Waals surface area contributed by atoms with Crippen LogP contribution in [0.5, 0.6) is 0 Å². The molecule has 0 aliphatic heterocycles. The summed E-state index contributed by atoms with van der Waals surface area (Å²) >= 11 is 1.47. The molecule has 4 unspecified atom stereocenters. The summed E-state index contributed by atoms with van der Waals surface area (Å²) in [6, 6.07) is 4.80. The van der Waals surface area contributed by atoms with Gasteiger partial charge in [-0.25, -0.2) is 0 Å². The summed E-state index contributed by atoms with van der Waals surface area (Å²) in [5.41, 5.74) is 6.85. The summed E-state index contributed by atoms with van der Waals surface area (Å²) in [6.07, 6.45) is 2.41. The van der Waals surface area contributed by atoms with E-state index >= 15 is 0 Å². The number of aliphatic hydroxyl groups excluding tert-OH is 1. The molecule has 4 atom stereocenters. The Kier molecular flexibility index (Phi) is 11.6. The van der Waals surface area contributed by atoms with Gasteiger partial charge in [0.05, 0.1) is 12.6 Å². The molecule has 1 aromatic carbocycles. The van der Waals surface area contributed by atoms with Crippen LogP contribution >= 0.6 is 11.8 Å². The zero-order chi connectivity index (χ0) is 23.4. The van der Waals surface area contributed by atoms with Gasteiger partial charge in [0, 0.05) is 0 Å². The first kappa shape index (κ1) is 26.4. The Labute approximate surface area is 185 Å². The summed E-state index contributed by atoms with van der Waals surface area (Å²) in [4.78, 5) is 48.2. The number of carbonyl (C=O) groups is 4. The van der Waals surface area contributed by atoms with Gasteiger partial charge in [0.25, 0.3) is 0 Å². The van der Waals surface area contributed by atoms with Crippen LogP contribution in [0.2, 0.25) is 0 Å². The number of nitrogens with two attached hydrogens (primary N) is 1. The molecule has 0 saturated carbocycles. The molecule has 7 N–H and O–H groups in total. The van der Waals surface area contributed by atoms with Gasteiger partial charge in [-0.3, -0.25) is 19.2 Å². The molecule has 1 rings (SSSR count). The van der Waals surface area contributed by atoms with Crippen LogP contribution in [0.25, 0.3) is 0 Å². The summed E-state index contributed by atoms with van der Waals surface area (Å²) in [7, 11) is 0. The Bertz CT molecular complexity index is 748. The number of benzene rings is 1. The SMILES string of the molecule is CSCCC(NC(=O)C(N)Cc1ccccc1)C(=O)NC(CO)C(=O)NC(C)C(=O)O. The number of carboxylic acid groups (broad SMARTS) is 1. The van der Waals surface area contributed by atoms with E-state index in [1.54, 1.807) is 0 Å². The van der Waals surface area contributed by atoms with Crippen LogP contribution in [0.1, 0.15) is 18.9 Å². The second-order valence-corrected chi connectivity index (χ2v) is 7.94. The number of aliphatic hydroxyl groups is 1. The fraction of sp³-hybridized carbons (Fsp3) is 0.500. The highest BCUT2D eigenvalue weighted by atomic mass is 32.2. The molecule has 0 aliphatic carbocycles. The number of thioether (sulfide) groups is 1. The van der Waals surface area contributed by atoms with Crippen molar-refractivity contribution in [3.63, 3.8) is 0 Å². The number of amides is 3. The molecule has 0 saturated heterocycles. The predicted molar refractivity (Wildman–Crippen MR) is 117 cm³/mol. The van der Waals surface area contributed by atoms with E-state index in [-0.39, 0.29) is 12.8 Å². The van der Waals surface area contributed by atoms with Gasteiger partial charge in [0.2, 0.25) is 17.7 Å². The zero-order valence-electron chi connectivity index (χ0n) is 17.5. The monoisotopic (exact) mass is 454 g/mol. The van der Waals surface area contributed by atoms with Crippen LogP contribution in [0, 0.1) is 0 Å². The standard InChI is InChI=1S/C20H30N4O6S/c1-12(20(29)30)22-19(28)16(11-25)24-18(27)15(8-9-31-2)23-17(26)14(21)10-13-6-4-3-5-7-13/h3-7,12,14-16,25H,8-11,21H2,1-2H3,(H,22,28)(H,23,26)(H,24,27)(H,29,30). The van der Waals surface area contributed by atoms with Crippen molar-refractivity contribution in [3.05, 3.63) is 35.9 Å². The number of nitrogens with one attached hydrogen (secondary N) is 3. The lowest BCUT2D eigenvalue weighted by atomic mass is 10.1. The van der Waals surface area contributed by atoms with Gasteiger partial charge in [0.15, 0.2) is 0 Å². The van der Waals surface area contributed by atoms with Crippen molar-refractivity contribution >= 4 is 35.5 Å². The van der Waals surface area contributed by atoms with E-state index in [9.17, 15) is 24.3 Å². The third-order valence-electron chi connectivity index (χ3n) is 4.42. The Balaban J connectivity index is 2.77. The van der Waals surface area contributed by atoms with Crippen molar-refractivity contribution in [1.82, 2.24) is 16.0 Å². The van der Waals surface area contributed by atoms with E-state index < -0.39 is 54.5 Å². The Morgan fingerprint density at radius 1 is 1.00 bits per heavy atom. The molecule has 10 nitrogen and oxygen atoms in total. The maximum Gasteiger partial charge on any atom is 0.325 e. The van der Waals surface area contributed by atoms with Crippen LogP contribution in [-0.4, -0.2) is 76.7 Å². The molecule has 3 amide bonds. The average Bonchev–Trinajstić information content (AvgIpc) is 2.74. The second kappa shape index (κ2) is 13.6. The largest absolute Gasteiger partial charge is 0.480 e. The summed E-state index contributed by atoms with van der Waals surface area (Å²) in [5, 5.41) is 25.5. The smallest absolute Gasteiger partial charge is 0.325 e. The first-order valence-corrected chi connectivity index (χ1v) is 11.1. The van der Waals surface area contributed by atoms with Crippen molar-refractivity contribution in [1.29, 1.82) is 0 Å². The predicted octanol–water partition coefficient (Wildman–Crippen LogP) is -1.14. The van der Waals surface area contributed by atoms with Crippen molar-refractivity contribution in [2.45, 2.75) is 43.9 Å². The fourth-order valence-electron chi connectivity index (χ4n) is 2.59. The number of carboxylic acids is 1. The highest BCUT2D eigenvalue weighted by Crippen LogP contribution is 2.05. The Morgan fingerprint density at radius 3 is 2.13 bits per heavy atom. The summed E-state index contributed by atoms with van der Waals surface area (Å²) in [5.74, 6) is -2.74. The third-order valence-corrected chi connectivity index (χ3v) is 5.07. The van der Waals surface area contributed by atoms with E-state index in [4.69, 9.17) is 10.8 Å². The second-order valence-electron chi connectivity index (χ2n) is 6.95. The third kappa shape index (κ3) is 9.37. The molecule has 0 aliphatic rings. The lowest BCUT2D eigenvalue weighted by Gasteiger charge is -2.23. The van der Waals surface area contributed by atoms with Crippen molar-refractivity contribution in [3.8, 4) is 0 Å². The number of hydrogen-bond acceptors (Lipinski definition) is 7. The average molecular weight is 455 g/mol. The minimum Gasteiger partial charge on any atom is -0.480 e. The molecule has 0 aromatic heterocycles. The highest BCUT2D eigenvalue weighted by molar-refractivity contribution is 7.98. The lowest BCUT2D eigenvalue weighted by Crippen LogP contribution is -2.58. The first-order valence-electron chi connectivity index (χ1n) is 9.72. The molecular weight excluding hydrogens is 424 g/mol. The molecule has 172 valence electrons. The number of aliphatic carboxylic acids is 1. The first-order chi connectivity index (χ1) is 14.7. The van der Waals surface area contributed by atoms with Gasteiger partial charge in [-0.2, -0.15) is 11.8 Å². The summed E-state index contributed by atoms with van der Waals surface area (Å²) < 4.78 is 0. The molecule has 31 heavy (non-hydrogen) atoms. The van der Waals surface area contributed by atoms with Gasteiger partial charge in [0.1, 0.15) is 18.1 Å². The lowest BCUT2D eigenvalue weighted by molar-refractivity contribution is -0.142. The molecule has 0 radical (unpaired) electrons. The van der Waals surface area contributed by atoms with Crippen LogP contribution < -0.4 is 21.7 Å². The molecular formula is C20H30N4O6S. The number of carbonyl (C=O) groups excluding carboxylic acids is 3. The number of hydrogen-bond donors (Lipinski definition) is 6. The molecule has 0 fully saturated rings. The van der Waals surface area contributed by atoms with E-state index in [1.165, 1.54) is 18.7 Å². The summed E-state index contributed by atoms with van der Waals surface area (Å²) in [6.45, 7) is 0.521. The fourth-order valence-corrected chi connectivity index (χ4v) is 3.06. The van der Waals surface area contributed by atoms with Gasteiger partial charge >= 0.3 is 5.97 Å². The van der Waals surface area contributed by atoms with Crippen molar-refractivity contribution in [2.75, 3.05) is 18.6 Å². The molecule has 1 aromatic rings.